The van der Waals surface area contributed by atoms with E-state index in [0.29, 0.717) is 34.8 Å². The molecule has 0 aromatic heterocycles. The van der Waals surface area contributed by atoms with Gasteiger partial charge in [-0.25, -0.2) is 0 Å². The van der Waals surface area contributed by atoms with Crippen LogP contribution < -0.4 is 20.6 Å². The summed E-state index contributed by atoms with van der Waals surface area (Å²) >= 11 is 16.8. The minimum absolute atomic E-state index is 0.0982. The van der Waals surface area contributed by atoms with Gasteiger partial charge in [-0.15, -0.1) is 0 Å². The van der Waals surface area contributed by atoms with Crippen molar-refractivity contribution < 1.29 is 9.47 Å². The van der Waals surface area contributed by atoms with Crippen LogP contribution in [0.3, 0.4) is 0 Å². The predicted molar refractivity (Wildman–Crippen MR) is 106 cm³/mol. The van der Waals surface area contributed by atoms with Gasteiger partial charge in [0.05, 0.1) is 12.8 Å². The third-order valence-electron chi connectivity index (χ3n) is 3.05. The summed E-state index contributed by atoms with van der Waals surface area (Å²) in [4.78, 5) is 0. The molecule has 8 heteroatoms. The molecule has 2 aromatic rings. The average Bonchev–Trinajstić information content (AvgIpc) is 2.55. The van der Waals surface area contributed by atoms with Crippen LogP contribution in [0, 0.1) is 0 Å². The van der Waals surface area contributed by atoms with Crippen LogP contribution in [0.4, 0.5) is 0 Å². The molecule has 3 N–H and O–H groups in total. The maximum absolute atomic E-state index is 6.16. The molecule has 132 valence electrons. The van der Waals surface area contributed by atoms with E-state index in [1.54, 1.807) is 24.4 Å². The Kier molecular flexibility index (Phi) is 7.31. The molecule has 0 saturated carbocycles. The Balaban J connectivity index is 2.13. The molecule has 0 fully saturated rings. The van der Waals surface area contributed by atoms with E-state index >= 15 is 0 Å². The van der Waals surface area contributed by atoms with Gasteiger partial charge in [0.2, 0.25) is 0 Å². The van der Waals surface area contributed by atoms with Crippen molar-refractivity contribution in [3.63, 3.8) is 0 Å². The molecule has 0 aliphatic carbocycles. The van der Waals surface area contributed by atoms with Gasteiger partial charge in [-0.1, -0.05) is 29.3 Å². The van der Waals surface area contributed by atoms with Crippen molar-refractivity contribution in [3.8, 4) is 11.5 Å². The lowest BCUT2D eigenvalue weighted by Crippen LogP contribution is -2.23. The monoisotopic (exact) mass is 397 g/mol. The first-order valence-electron chi connectivity index (χ1n) is 7.41. The summed E-state index contributed by atoms with van der Waals surface area (Å²) in [6, 6.07) is 10.7. The number of nitrogens with zero attached hydrogens (tertiary/aromatic N) is 1. The molecule has 2 aromatic carbocycles. The van der Waals surface area contributed by atoms with Crippen molar-refractivity contribution in [2.75, 3.05) is 6.61 Å². The largest absolute Gasteiger partial charge is 0.490 e. The third-order valence-corrected chi connectivity index (χ3v) is 3.73. The summed E-state index contributed by atoms with van der Waals surface area (Å²) in [5.74, 6) is 1.21. The van der Waals surface area contributed by atoms with Crippen molar-refractivity contribution in [2.45, 2.75) is 13.5 Å². The molecule has 0 atom stereocenters. The number of hydrogen-bond acceptors (Lipinski definition) is 4. The lowest BCUT2D eigenvalue weighted by molar-refractivity contribution is 0.269. The highest BCUT2D eigenvalue weighted by atomic mass is 35.5. The molecule has 0 bridgehead atoms. The fourth-order valence-electron chi connectivity index (χ4n) is 1.96. The quantitative estimate of drug-likeness (QED) is 0.417. The predicted octanol–water partition coefficient (Wildman–Crippen LogP) is 4.14. The zero-order chi connectivity index (χ0) is 18.2. The minimum atomic E-state index is 0.0982. The fourth-order valence-corrected chi connectivity index (χ4v) is 2.47. The molecule has 0 aliphatic heterocycles. The zero-order valence-electron chi connectivity index (χ0n) is 13.5. The van der Waals surface area contributed by atoms with Gasteiger partial charge >= 0.3 is 0 Å². The fraction of sp³-hybridized carbons (Fsp3) is 0.176. The summed E-state index contributed by atoms with van der Waals surface area (Å²) < 4.78 is 11.5. The van der Waals surface area contributed by atoms with Crippen molar-refractivity contribution >= 4 is 46.7 Å². The van der Waals surface area contributed by atoms with Crippen molar-refractivity contribution in [3.05, 3.63) is 57.6 Å². The van der Waals surface area contributed by atoms with Crippen molar-refractivity contribution in [2.24, 2.45) is 10.8 Å². The standard InChI is InChI=1S/C17H17Cl2N3O2S/c1-2-23-16-7-11(9-21-22-17(20)25)3-6-15(16)24-10-12-4-5-13(18)8-14(12)19/h3-9H,2,10H2,1H3,(H3,20,22,25). The molecular formula is C17H17Cl2N3O2S. The highest BCUT2D eigenvalue weighted by Crippen LogP contribution is 2.30. The Bertz CT molecular complexity index is 784. The first kappa shape index (κ1) is 19.3. The minimum Gasteiger partial charge on any atom is -0.490 e. The number of hydrazone groups is 1. The number of thiocarbonyl (C=S) groups is 1. The molecule has 0 radical (unpaired) electrons. The summed E-state index contributed by atoms with van der Waals surface area (Å²) in [5.41, 5.74) is 9.46. The molecule has 0 saturated heterocycles. The molecule has 5 nitrogen and oxygen atoms in total. The van der Waals surface area contributed by atoms with E-state index in [2.05, 4.69) is 22.7 Å². The SMILES string of the molecule is CCOc1cc(C=NNC(N)=S)ccc1OCc1ccc(Cl)cc1Cl. The molecule has 2 rings (SSSR count). The number of ether oxygens (including phenoxy) is 2. The Hall–Kier alpha value is -2.02. The van der Waals surface area contributed by atoms with Gasteiger partial charge < -0.3 is 15.2 Å². The maximum Gasteiger partial charge on any atom is 0.184 e. The van der Waals surface area contributed by atoms with Gasteiger partial charge in [-0.2, -0.15) is 5.10 Å². The van der Waals surface area contributed by atoms with Crippen LogP contribution in [0.25, 0.3) is 0 Å². The van der Waals surface area contributed by atoms with Crippen LogP contribution in [-0.4, -0.2) is 17.9 Å². The Labute approximate surface area is 161 Å². The van der Waals surface area contributed by atoms with E-state index in [-0.39, 0.29) is 5.11 Å². The maximum atomic E-state index is 6.16. The highest BCUT2D eigenvalue weighted by molar-refractivity contribution is 7.80. The number of halogens is 2. The topological polar surface area (TPSA) is 68.9 Å². The van der Waals surface area contributed by atoms with E-state index in [0.717, 1.165) is 11.1 Å². The smallest absolute Gasteiger partial charge is 0.184 e. The second-order valence-electron chi connectivity index (χ2n) is 4.90. The van der Waals surface area contributed by atoms with Crippen LogP contribution in [0.5, 0.6) is 11.5 Å². The Morgan fingerprint density at radius 2 is 2.00 bits per heavy atom. The van der Waals surface area contributed by atoms with Crippen molar-refractivity contribution in [1.29, 1.82) is 0 Å². The van der Waals surface area contributed by atoms with Gasteiger partial charge in [0.25, 0.3) is 0 Å². The van der Waals surface area contributed by atoms with Crippen LogP contribution in [0.15, 0.2) is 41.5 Å². The van der Waals surface area contributed by atoms with Crippen LogP contribution in [-0.2, 0) is 6.61 Å². The van der Waals surface area contributed by atoms with E-state index in [1.807, 2.05) is 25.1 Å². The third kappa shape index (κ3) is 6.08. The number of benzene rings is 2. The molecular weight excluding hydrogens is 381 g/mol. The van der Waals surface area contributed by atoms with E-state index in [1.165, 1.54) is 0 Å². The number of nitrogens with two attached hydrogens (primary N) is 1. The second kappa shape index (κ2) is 9.46. The van der Waals surface area contributed by atoms with E-state index < -0.39 is 0 Å². The molecule has 0 aliphatic rings. The zero-order valence-corrected chi connectivity index (χ0v) is 15.8. The lowest BCUT2D eigenvalue weighted by atomic mass is 10.2. The summed E-state index contributed by atoms with van der Waals surface area (Å²) in [5, 5.41) is 5.15. The van der Waals surface area contributed by atoms with E-state index in [9.17, 15) is 0 Å². The van der Waals surface area contributed by atoms with Gasteiger partial charge in [-0.05, 0) is 55.0 Å². The average molecular weight is 398 g/mol. The van der Waals surface area contributed by atoms with Gasteiger partial charge in [-0.3, -0.25) is 5.43 Å². The van der Waals surface area contributed by atoms with Gasteiger partial charge in [0, 0.05) is 15.6 Å². The summed E-state index contributed by atoms with van der Waals surface area (Å²) in [6.45, 7) is 2.70. The molecule has 0 amide bonds. The number of rotatable bonds is 7. The van der Waals surface area contributed by atoms with E-state index in [4.69, 9.17) is 38.4 Å². The summed E-state index contributed by atoms with van der Waals surface area (Å²) in [7, 11) is 0. The first-order chi connectivity index (χ1) is 12.0. The van der Waals surface area contributed by atoms with Crippen LogP contribution in [0.2, 0.25) is 10.0 Å². The molecule has 0 heterocycles. The van der Waals surface area contributed by atoms with Crippen molar-refractivity contribution in [1.82, 2.24) is 5.43 Å². The van der Waals surface area contributed by atoms with Gasteiger partial charge in [0.15, 0.2) is 16.6 Å². The van der Waals surface area contributed by atoms with Crippen LogP contribution >= 0.6 is 35.4 Å². The molecule has 0 spiro atoms. The molecule has 0 unspecified atom stereocenters. The van der Waals surface area contributed by atoms with Gasteiger partial charge in [0.1, 0.15) is 6.61 Å². The second-order valence-corrected chi connectivity index (χ2v) is 6.18. The lowest BCUT2D eigenvalue weighted by Gasteiger charge is -2.13. The highest BCUT2D eigenvalue weighted by Gasteiger charge is 2.08. The number of nitrogens with one attached hydrogen (secondary N) is 1. The Morgan fingerprint density at radius 3 is 2.68 bits per heavy atom. The Morgan fingerprint density at radius 1 is 1.20 bits per heavy atom. The van der Waals surface area contributed by atoms with Crippen LogP contribution in [0.1, 0.15) is 18.1 Å². The number of hydrogen-bond donors (Lipinski definition) is 2. The summed E-state index contributed by atoms with van der Waals surface area (Å²) in [6.07, 6.45) is 1.58. The molecule has 25 heavy (non-hydrogen) atoms. The first-order valence-corrected chi connectivity index (χ1v) is 8.58. The normalized spacial score (nSPS) is 10.7.